The zero-order chi connectivity index (χ0) is 11.7. The van der Waals surface area contributed by atoms with Gasteiger partial charge in [0.2, 0.25) is 0 Å². The number of nitrogens with zero attached hydrogens (tertiary/aromatic N) is 3. The summed E-state index contributed by atoms with van der Waals surface area (Å²) < 4.78 is 6.27. The Labute approximate surface area is 91.7 Å². The molecule has 0 atom stereocenters. The molecule has 2 aromatic rings. The number of rotatable bonds is 2. The third-order valence-electron chi connectivity index (χ3n) is 2.04. The van der Waals surface area contributed by atoms with Gasteiger partial charge in [0.25, 0.3) is 0 Å². The molecule has 3 N–H and O–H groups in total. The minimum absolute atomic E-state index is 0.117. The van der Waals surface area contributed by atoms with Gasteiger partial charge in [-0.1, -0.05) is 0 Å². The van der Waals surface area contributed by atoms with Gasteiger partial charge in [0.05, 0.1) is 0 Å². The number of nitrogens with one attached hydrogen (secondary N) is 1. The fourth-order valence-electron chi connectivity index (χ4n) is 1.33. The van der Waals surface area contributed by atoms with Gasteiger partial charge < -0.3 is 0 Å². The molecule has 0 radical (unpaired) electrons. The Balaban J connectivity index is 2.82. The molecule has 2 rings (SSSR count). The third kappa shape index (κ3) is 1.56. The molecule has 8 heteroatoms. The van der Waals surface area contributed by atoms with Crippen LogP contribution in [0.25, 0.3) is 11.2 Å². The Morgan fingerprint density at radius 2 is 2.38 bits per heavy atom. The number of nitrogen functional groups attached to an aromatic ring is 1. The van der Waals surface area contributed by atoms with Gasteiger partial charge >= 0.3 is 91.0 Å². The SMILES string of the molecule is C#[P+]Cn1c(=O)[nH]c2c(N)nc(OC)nc21. The van der Waals surface area contributed by atoms with Crippen molar-refractivity contribution in [2.45, 2.75) is 6.29 Å². The maximum atomic E-state index is 11.6. The summed E-state index contributed by atoms with van der Waals surface area (Å²) in [7, 11) is 1.99. The van der Waals surface area contributed by atoms with Gasteiger partial charge in [-0.15, -0.1) is 0 Å². The molecule has 0 saturated carbocycles. The van der Waals surface area contributed by atoms with E-state index in [1.54, 1.807) is 0 Å². The van der Waals surface area contributed by atoms with Crippen LogP contribution in [0.4, 0.5) is 5.82 Å². The van der Waals surface area contributed by atoms with E-state index >= 15 is 0 Å². The van der Waals surface area contributed by atoms with Crippen molar-refractivity contribution in [1.29, 1.82) is 0 Å². The number of nitrogens with two attached hydrogens (primary N) is 1. The van der Waals surface area contributed by atoms with Crippen molar-refractivity contribution in [2.75, 3.05) is 12.8 Å². The number of ether oxygens (including phenoxy) is 1. The van der Waals surface area contributed by atoms with Crippen molar-refractivity contribution in [3.63, 3.8) is 0 Å². The summed E-state index contributed by atoms with van der Waals surface area (Å²) in [4.78, 5) is 22.1. The van der Waals surface area contributed by atoms with E-state index in [0.29, 0.717) is 25.5 Å². The van der Waals surface area contributed by atoms with Crippen LogP contribution >= 0.6 is 8.04 Å². The van der Waals surface area contributed by atoms with Gasteiger partial charge in [-0.2, -0.15) is 0 Å². The van der Waals surface area contributed by atoms with Crippen LogP contribution < -0.4 is 16.2 Å². The Hall–Kier alpha value is -1.84. The van der Waals surface area contributed by atoms with Crippen LogP contribution in [0.5, 0.6) is 6.01 Å². The second-order valence-corrected chi connectivity index (χ2v) is 3.62. The molecule has 7 nitrogen and oxygen atoms in total. The molecule has 0 unspecified atom stereocenters. The summed E-state index contributed by atoms with van der Waals surface area (Å²) in [6.45, 7) is 0. The van der Waals surface area contributed by atoms with Crippen molar-refractivity contribution in [1.82, 2.24) is 19.5 Å². The second kappa shape index (κ2) is 3.96. The second-order valence-electron chi connectivity index (χ2n) is 2.98. The van der Waals surface area contributed by atoms with Crippen molar-refractivity contribution in [3.05, 3.63) is 10.5 Å². The van der Waals surface area contributed by atoms with Gasteiger partial charge in [0.15, 0.2) is 0 Å². The van der Waals surface area contributed by atoms with E-state index in [-0.39, 0.29) is 17.5 Å². The summed E-state index contributed by atoms with van der Waals surface area (Å²) in [6.07, 6.45) is 5.71. The number of hydrogen-bond acceptors (Lipinski definition) is 5. The summed E-state index contributed by atoms with van der Waals surface area (Å²) in [5.41, 5.74) is 6.14. The first-order valence-corrected chi connectivity index (χ1v) is 5.49. The molecule has 0 amide bonds. The van der Waals surface area contributed by atoms with E-state index in [4.69, 9.17) is 16.6 Å². The van der Waals surface area contributed by atoms with Crippen LogP contribution in [0.15, 0.2) is 4.79 Å². The van der Waals surface area contributed by atoms with E-state index in [1.165, 1.54) is 11.7 Å². The molecule has 16 heavy (non-hydrogen) atoms. The van der Waals surface area contributed by atoms with Crippen molar-refractivity contribution < 1.29 is 4.74 Å². The molecule has 82 valence electrons. The summed E-state index contributed by atoms with van der Waals surface area (Å²) in [5, 5.41) is 0. The van der Waals surface area contributed by atoms with Crippen LogP contribution in [0.1, 0.15) is 0 Å². The van der Waals surface area contributed by atoms with Gasteiger partial charge in [0.1, 0.15) is 0 Å². The van der Waals surface area contributed by atoms with Crippen molar-refractivity contribution >= 4 is 25.0 Å². The molecule has 0 fully saturated rings. The van der Waals surface area contributed by atoms with Crippen molar-refractivity contribution in [3.8, 4) is 12.1 Å². The van der Waals surface area contributed by atoms with Crippen LogP contribution in [0.2, 0.25) is 0 Å². The van der Waals surface area contributed by atoms with Crippen LogP contribution in [-0.2, 0) is 6.29 Å². The molecule has 0 bridgehead atoms. The maximum absolute atomic E-state index is 11.6. The molecule has 0 saturated heterocycles. The summed E-state index contributed by atoms with van der Waals surface area (Å²) >= 11 is 0. The number of H-pyrrole nitrogens is 1. The fraction of sp³-hybridized carbons (Fsp3) is 0.250. The summed E-state index contributed by atoms with van der Waals surface area (Å²) in [6, 6.07) is 0.117. The number of fused-ring (bicyclic) bond motifs is 1. The van der Waals surface area contributed by atoms with Crippen LogP contribution in [-0.4, -0.2) is 26.6 Å². The molecule has 0 aromatic carbocycles. The monoisotopic (exact) mass is 238 g/mol. The normalized spacial score (nSPS) is 10.5. The third-order valence-corrected chi connectivity index (χ3v) is 2.48. The zero-order valence-corrected chi connectivity index (χ0v) is 9.36. The number of aromatic nitrogens is 4. The Bertz CT molecular complexity index is 638. The van der Waals surface area contributed by atoms with E-state index in [0.717, 1.165) is 0 Å². The molecule has 2 aromatic heterocycles. The van der Waals surface area contributed by atoms with Crippen LogP contribution in [0, 0.1) is 6.13 Å². The fourth-order valence-corrected chi connectivity index (χ4v) is 1.76. The van der Waals surface area contributed by atoms with E-state index in [9.17, 15) is 4.79 Å². The van der Waals surface area contributed by atoms with Gasteiger partial charge in [-0.25, -0.2) is 0 Å². The first kappa shape index (κ1) is 10.7. The number of imidazole rings is 1. The Morgan fingerprint density at radius 3 is 3.00 bits per heavy atom. The predicted molar refractivity (Wildman–Crippen MR) is 61.0 cm³/mol. The predicted octanol–water partition coefficient (Wildman–Crippen LogP) is 0.203. The number of hydrogen-bond donors (Lipinski definition) is 2. The number of methoxy groups -OCH3 is 1. The van der Waals surface area contributed by atoms with Gasteiger partial charge in [-0.05, 0) is 0 Å². The van der Waals surface area contributed by atoms with Crippen LogP contribution in [0.3, 0.4) is 0 Å². The molecular formula is C8H9N5O2P+. The molecular weight excluding hydrogens is 229 g/mol. The van der Waals surface area contributed by atoms with E-state index < -0.39 is 0 Å². The average molecular weight is 238 g/mol. The average Bonchev–Trinajstić information content (AvgIpc) is 2.58. The molecule has 0 aliphatic carbocycles. The number of anilines is 1. The molecule has 0 spiro atoms. The van der Waals surface area contributed by atoms with Crippen molar-refractivity contribution in [2.24, 2.45) is 0 Å². The minimum atomic E-state index is -0.317. The van der Waals surface area contributed by atoms with E-state index in [1.807, 2.05) is 0 Å². The topological polar surface area (TPSA) is 98.8 Å². The van der Waals surface area contributed by atoms with Gasteiger partial charge in [0, 0.05) is 0 Å². The standard InChI is InChI=1S/C8H8N5O2P/c1-15-7-11-5(9)4-6(12-7)13(3-16-2)8(14)10-4/h2H,3H2,1H3,(H2-,9,10,11,12,14)/p+1. The van der Waals surface area contributed by atoms with E-state index in [2.05, 4.69) is 15.0 Å². The molecule has 0 aliphatic heterocycles. The number of aromatic amines is 1. The first-order valence-electron chi connectivity index (χ1n) is 4.34. The molecule has 0 aliphatic rings. The van der Waals surface area contributed by atoms with Gasteiger partial charge in [-0.3, -0.25) is 0 Å². The Kier molecular flexibility index (Phi) is 2.64. The first-order chi connectivity index (χ1) is 7.67. The Morgan fingerprint density at radius 1 is 1.62 bits per heavy atom. The zero-order valence-electron chi connectivity index (χ0n) is 8.47. The quantitative estimate of drug-likeness (QED) is 0.728. The summed E-state index contributed by atoms with van der Waals surface area (Å²) in [5.74, 6) is 0.173. The molecule has 2 heterocycles.